The summed E-state index contributed by atoms with van der Waals surface area (Å²) in [7, 11) is 0. The number of carbonyl (C=O) groups excluding carboxylic acids is 2. The molecular weight excluding hydrogens is 242 g/mol. The van der Waals surface area contributed by atoms with Gasteiger partial charge in [0, 0.05) is 12.6 Å². The van der Waals surface area contributed by atoms with E-state index in [1.165, 1.54) is 18.5 Å². The van der Waals surface area contributed by atoms with Gasteiger partial charge in [-0.15, -0.1) is 0 Å². The molecule has 0 spiro atoms. The maximum atomic E-state index is 11.8. The smallest absolute Gasteiger partial charge is 0.250 e. The van der Waals surface area contributed by atoms with Crippen LogP contribution in [0.3, 0.4) is 0 Å². The molecule has 1 rings (SSSR count). The highest BCUT2D eigenvalue weighted by atomic mass is 16.2. The van der Waals surface area contributed by atoms with Crippen molar-refractivity contribution >= 4 is 17.5 Å². The fraction of sp³-hybridized carbons (Fsp3) is 0.500. The fourth-order valence-corrected chi connectivity index (χ4v) is 1.70. The van der Waals surface area contributed by atoms with Crippen LogP contribution in [-0.4, -0.2) is 16.8 Å². The molecule has 5 heteroatoms. The molecule has 0 saturated heterocycles. The number of hydrogen-bond acceptors (Lipinski definition) is 3. The number of carbonyl (C=O) groups is 2. The molecule has 104 valence electrons. The lowest BCUT2D eigenvalue weighted by Crippen LogP contribution is -2.18. The number of hydrogen-bond donors (Lipinski definition) is 2. The van der Waals surface area contributed by atoms with Crippen LogP contribution in [0.4, 0.5) is 5.69 Å². The molecule has 1 aromatic heterocycles. The van der Waals surface area contributed by atoms with Gasteiger partial charge in [0.2, 0.25) is 5.91 Å². The molecule has 0 fully saturated rings. The molecule has 0 unspecified atom stereocenters. The average Bonchev–Trinajstić information content (AvgIpc) is 2.27. The summed E-state index contributed by atoms with van der Waals surface area (Å²) in [6, 6.07) is 1.49. The third-order valence-electron chi connectivity index (χ3n) is 2.69. The first kappa shape index (κ1) is 15.1. The molecule has 2 amide bonds. The zero-order chi connectivity index (χ0) is 14.5. The molecule has 1 aromatic rings. The molecule has 0 atom stereocenters. The minimum atomic E-state index is -0.576. The van der Waals surface area contributed by atoms with E-state index < -0.39 is 5.91 Å². The van der Waals surface area contributed by atoms with Gasteiger partial charge >= 0.3 is 0 Å². The van der Waals surface area contributed by atoms with Crippen LogP contribution in [0.25, 0.3) is 0 Å². The topological polar surface area (TPSA) is 85.1 Å². The van der Waals surface area contributed by atoms with E-state index in [9.17, 15) is 9.59 Å². The van der Waals surface area contributed by atoms with Crippen LogP contribution < -0.4 is 11.1 Å². The predicted molar refractivity (Wildman–Crippen MR) is 74.7 cm³/mol. The molecular formula is C14H21N3O2. The average molecular weight is 263 g/mol. The SMILES string of the molecule is CC(C)(C)CCCC(=O)Nc1cnccc1C(N)=O. The molecule has 0 bridgehead atoms. The molecule has 0 radical (unpaired) electrons. The van der Waals surface area contributed by atoms with Gasteiger partial charge in [0.15, 0.2) is 0 Å². The Bertz CT molecular complexity index is 464. The molecule has 3 N–H and O–H groups in total. The zero-order valence-electron chi connectivity index (χ0n) is 11.7. The summed E-state index contributed by atoms with van der Waals surface area (Å²) in [5, 5.41) is 2.68. The van der Waals surface area contributed by atoms with Crippen molar-refractivity contribution in [3.8, 4) is 0 Å². The van der Waals surface area contributed by atoms with Gasteiger partial charge in [-0.1, -0.05) is 20.8 Å². The molecule has 19 heavy (non-hydrogen) atoms. The number of anilines is 1. The largest absolute Gasteiger partial charge is 0.366 e. The van der Waals surface area contributed by atoms with E-state index in [1.54, 1.807) is 0 Å². The van der Waals surface area contributed by atoms with Gasteiger partial charge in [0.1, 0.15) is 0 Å². The zero-order valence-corrected chi connectivity index (χ0v) is 11.7. The Hall–Kier alpha value is -1.91. The van der Waals surface area contributed by atoms with Gasteiger partial charge in [-0.2, -0.15) is 0 Å². The van der Waals surface area contributed by atoms with Gasteiger partial charge in [0.25, 0.3) is 5.91 Å². The first-order valence-corrected chi connectivity index (χ1v) is 6.33. The quantitative estimate of drug-likeness (QED) is 0.855. The number of aromatic nitrogens is 1. The third kappa shape index (κ3) is 5.50. The summed E-state index contributed by atoms with van der Waals surface area (Å²) in [6.45, 7) is 6.41. The second-order valence-electron chi connectivity index (χ2n) is 5.75. The van der Waals surface area contributed by atoms with Crippen LogP contribution in [-0.2, 0) is 4.79 Å². The van der Waals surface area contributed by atoms with E-state index in [0.717, 1.165) is 12.8 Å². The van der Waals surface area contributed by atoms with Crippen molar-refractivity contribution in [2.24, 2.45) is 11.1 Å². The molecule has 0 aliphatic rings. The van der Waals surface area contributed by atoms with Gasteiger partial charge in [-0.25, -0.2) is 0 Å². The number of pyridine rings is 1. The Morgan fingerprint density at radius 3 is 2.63 bits per heavy atom. The van der Waals surface area contributed by atoms with Crippen LogP contribution in [0, 0.1) is 5.41 Å². The highest BCUT2D eigenvalue weighted by Crippen LogP contribution is 2.22. The van der Waals surface area contributed by atoms with Gasteiger partial charge in [-0.05, 0) is 24.3 Å². The predicted octanol–water partition coefficient (Wildman–Crippen LogP) is 2.34. The number of primary amides is 1. The summed E-state index contributed by atoms with van der Waals surface area (Å²) in [5.41, 5.74) is 6.09. The molecule has 0 aliphatic carbocycles. The molecule has 0 aromatic carbocycles. The molecule has 0 saturated carbocycles. The second kappa shape index (κ2) is 6.31. The number of nitrogens with zero attached hydrogens (tertiary/aromatic N) is 1. The van der Waals surface area contributed by atoms with Crippen molar-refractivity contribution in [3.05, 3.63) is 24.0 Å². The lowest BCUT2D eigenvalue weighted by molar-refractivity contribution is -0.116. The maximum absolute atomic E-state index is 11.8. The Morgan fingerprint density at radius 2 is 2.05 bits per heavy atom. The van der Waals surface area contributed by atoms with Crippen LogP contribution in [0.5, 0.6) is 0 Å². The van der Waals surface area contributed by atoms with Gasteiger partial charge < -0.3 is 11.1 Å². The van der Waals surface area contributed by atoms with Crippen molar-refractivity contribution in [1.29, 1.82) is 0 Å². The first-order valence-electron chi connectivity index (χ1n) is 6.33. The Morgan fingerprint density at radius 1 is 1.37 bits per heavy atom. The summed E-state index contributed by atoms with van der Waals surface area (Å²) < 4.78 is 0. The lowest BCUT2D eigenvalue weighted by Gasteiger charge is -2.17. The summed E-state index contributed by atoms with van der Waals surface area (Å²) in [4.78, 5) is 26.9. The highest BCUT2D eigenvalue weighted by molar-refractivity contribution is 6.02. The first-order chi connectivity index (χ1) is 8.79. The Balaban J connectivity index is 2.56. The monoisotopic (exact) mass is 263 g/mol. The van der Waals surface area contributed by atoms with E-state index in [2.05, 4.69) is 31.1 Å². The van der Waals surface area contributed by atoms with Crippen molar-refractivity contribution in [2.45, 2.75) is 40.0 Å². The number of amides is 2. The summed E-state index contributed by atoms with van der Waals surface area (Å²) in [6.07, 6.45) is 5.10. The number of nitrogens with two attached hydrogens (primary N) is 1. The van der Waals surface area contributed by atoms with Gasteiger partial charge in [-0.3, -0.25) is 14.6 Å². The van der Waals surface area contributed by atoms with E-state index in [4.69, 9.17) is 5.73 Å². The van der Waals surface area contributed by atoms with Crippen LogP contribution in [0.1, 0.15) is 50.4 Å². The van der Waals surface area contributed by atoms with Crippen molar-refractivity contribution in [3.63, 3.8) is 0 Å². The third-order valence-corrected chi connectivity index (χ3v) is 2.69. The standard InChI is InChI=1S/C14H21N3O2/c1-14(2,3)7-4-5-12(18)17-11-9-16-8-6-10(11)13(15)19/h6,8-9H,4-5,7H2,1-3H3,(H2,15,19)(H,17,18). The summed E-state index contributed by atoms with van der Waals surface area (Å²) >= 11 is 0. The van der Waals surface area contributed by atoms with Crippen molar-refractivity contribution in [2.75, 3.05) is 5.32 Å². The Labute approximate surface area is 113 Å². The second-order valence-corrected chi connectivity index (χ2v) is 5.75. The van der Waals surface area contributed by atoms with Crippen LogP contribution in [0.2, 0.25) is 0 Å². The van der Waals surface area contributed by atoms with Crippen molar-refractivity contribution < 1.29 is 9.59 Å². The highest BCUT2D eigenvalue weighted by Gasteiger charge is 2.13. The normalized spacial score (nSPS) is 11.1. The fourth-order valence-electron chi connectivity index (χ4n) is 1.70. The van der Waals surface area contributed by atoms with Crippen LogP contribution in [0.15, 0.2) is 18.5 Å². The Kier molecular flexibility index (Phi) is 5.03. The van der Waals surface area contributed by atoms with Crippen LogP contribution >= 0.6 is 0 Å². The minimum Gasteiger partial charge on any atom is -0.366 e. The molecule has 1 heterocycles. The maximum Gasteiger partial charge on any atom is 0.250 e. The lowest BCUT2D eigenvalue weighted by atomic mass is 9.90. The molecule has 0 aliphatic heterocycles. The minimum absolute atomic E-state index is 0.125. The van der Waals surface area contributed by atoms with Crippen molar-refractivity contribution in [1.82, 2.24) is 4.98 Å². The van der Waals surface area contributed by atoms with E-state index >= 15 is 0 Å². The van der Waals surface area contributed by atoms with Gasteiger partial charge in [0.05, 0.1) is 17.4 Å². The number of rotatable bonds is 5. The van der Waals surface area contributed by atoms with E-state index in [0.29, 0.717) is 12.1 Å². The van der Waals surface area contributed by atoms with E-state index in [-0.39, 0.29) is 16.9 Å². The molecule has 5 nitrogen and oxygen atoms in total. The number of nitrogens with one attached hydrogen (secondary N) is 1. The summed E-state index contributed by atoms with van der Waals surface area (Å²) in [5.74, 6) is -0.702. The van der Waals surface area contributed by atoms with E-state index in [1.807, 2.05) is 0 Å².